The first-order valence-electron chi connectivity index (χ1n) is 12.8. The number of nitrogens with one attached hydrogen (secondary N) is 1. The number of fused-ring (bicyclic) bond motifs is 1. The maximum Gasteiger partial charge on any atom is 0.358 e. The first-order chi connectivity index (χ1) is 16.8. The van der Waals surface area contributed by atoms with Crippen molar-refractivity contribution in [1.29, 1.82) is 0 Å². The summed E-state index contributed by atoms with van der Waals surface area (Å²) < 4.78 is 6.56. The van der Waals surface area contributed by atoms with E-state index in [1.165, 1.54) is 30.0 Å². The zero-order chi connectivity index (χ0) is 25.0. The number of aryl methyl sites for hydroxylation is 1. The largest absolute Gasteiger partial charge is 0.461 e. The van der Waals surface area contributed by atoms with Crippen molar-refractivity contribution in [3.8, 4) is 0 Å². The third-order valence-electron chi connectivity index (χ3n) is 7.17. The summed E-state index contributed by atoms with van der Waals surface area (Å²) in [5.41, 5.74) is 1.27. The first kappa shape index (κ1) is 24.9. The number of esters is 1. The number of amides is 2. The third kappa shape index (κ3) is 5.41. The lowest BCUT2D eigenvalue weighted by atomic mass is 9.91. The third-order valence-corrected chi connectivity index (χ3v) is 7.17. The molecule has 1 unspecified atom stereocenters. The maximum absolute atomic E-state index is 13.8. The molecule has 2 aromatic rings. The minimum Gasteiger partial charge on any atom is -0.461 e. The Balaban J connectivity index is 1.65. The van der Waals surface area contributed by atoms with Crippen LogP contribution in [0.15, 0.2) is 30.3 Å². The van der Waals surface area contributed by atoms with Gasteiger partial charge in [0.05, 0.1) is 13.2 Å². The molecule has 0 radical (unpaired) electrons. The van der Waals surface area contributed by atoms with Crippen LogP contribution >= 0.6 is 0 Å². The van der Waals surface area contributed by atoms with E-state index < -0.39 is 11.5 Å². The Bertz CT molecular complexity index is 1070. The van der Waals surface area contributed by atoms with E-state index in [1.807, 2.05) is 31.2 Å². The number of ether oxygens (including phenoxy) is 1. The first-order valence-corrected chi connectivity index (χ1v) is 12.8. The summed E-state index contributed by atoms with van der Waals surface area (Å²) in [6.45, 7) is 6.20. The van der Waals surface area contributed by atoms with Crippen LogP contribution in [0.25, 0.3) is 0 Å². The topological polar surface area (TPSA) is 93.5 Å². The lowest BCUT2D eigenvalue weighted by Crippen LogP contribution is -2.64. The number of aromatic nitrogens is 2. The van der Waals surface area contributed by atoms with Crippen molar-refractivity contribution in [3.63, 3.8) is 0 Å². The van der Waals surface area contributed by atoms with Crippen molar-refractivity contribution in [2.24, 2.45) is 0 Å². The van der Waals surface area contributed by atoms with E-state index >= 15 is 0 Å². The molecule has 35 heavy (non-hydrogen) atoms. The fraction of sp³-hybridized carbons (Fsp3) is 0.556. The molecule has 1 aliphatic heterocycles. The molecule has 188 valence electrons. The highest BCUT2D eigenvalue weighted by molar-refractivity contribution is 6.01. The second kappa shape index (κ2) is 10.6. The lowest BCUT2D eigenvalue weighted by molar-refractivity contribution is -0.134. The highest BCUT2D eigenvalue weighted by Gasteiger charge is 2.48. The SMILES string of the molecule is CCOC(=O)c1cc2n(n1)CC(C)(C(=O)NC1CCCCCCC1)N(Cc1ccc(C)cc1)C2=O. The second-order valence-corrected chi connectivity index (χ2v) is 9.96. The summed E-state index contributed by atoms with van der Waals surface area (Å²) in [6, 6.07) is 9.52. The van der Waals surface area contributed by atoms with Gasteiger partial charge in [-0.05, 0) is 39.2 Å². The fourth-order valence-electron chi connectivity index (χ4n) is 5.01. The molecule has 4 rings (SSSR count). The van der Waals surface area contributed by atoms with E-state index in [9.17, 15) is 14.4 Å². The molecule has 1 fully saturated rings. The van der Waals surface area contributed by atoms with Crippen LogP contribution in [-0.4, -0.2) is 50.7 Å². The highest BCUT2D eigenvalue weighted by atomic mass is 16.5. The van der Waals surface area contributed by atoms with Gasteiger partial charge in [0.25, 0.3) is 5.91 Å². The molecule has 2 heterocycles. The minimum absolute atomic E-state index is 0.0789. The number of hydrogen-bond donors (Lipinski definition) is 1. The Morgan fingerprint density at radius 3 is 2.43 bits per heavy atom. The van der Waals surface area contributed by atoms with Gasteiger partial charge in [-0.2, -0.15) is 5.10 Å². The Hall–Kier alpha value is -3.16. The quantitative estimate of drug-likeness (QED) is 0.631. The number of nitrogens with zero attached hydrogens (tertiary/aromatic N) is 3. The molecule has 1 atom stereocenters. The molecule has 8 heteroatoms. The normalized spacial score (nSPS) is 21.1. The van der Waals surface area contributed by atoms with Crippen LogP contribution in [0.5, 0.6) is 0 Å². The van der Waals surface area contributed by atoms with Gasteiger partial charge in [-0.3, -0.25) is 14.3 Å². The molecule has 8 nitrogen and oxygen atoms in total. The van der Waals surface area contributed by atoms with Crippen LogP contribution in [0, 0.1) is 6.92 Å². The fourth-order valence-corrected chi connectivity index (χ4v) is 5.01. The van der Waals surface area contributed by atoms with E-state index in [0.29, 0.717) is 0 Å². The number of rotatable bonds is 6. The van der Waals surface area contributed by atoms with E-state index in [1.54, 1.807) is 18.7 Å². The molecule has 1 aromatic heterocycles. The zero-order valence-corrected chi connectivity index (χ0v) is 21.0. The van der Waals surface area contributed by atoms with Crippen LogP contribution in [0.2, 0.25) is 0 Å². The van der Waals surface area contributed by atoms with E-state index in [0.717, 1.165) is 36.8 Å². The predicted octanol–water partition coefficient (Wildman–Crippen LogP) is 4.01. The van der Waals surface area contributed by atoms with Crippen molar-refractivity contribution >= 4 is 17.8 Å². The molecule has 2 aliphatic rings. The summed E-state index contributed by atoms with van der Waals surface area (Å²) in [4.78, 5) is 41.4. The summed E-state index contributed by atoms with van der Waals surface area (Å²) in [7, 11) is 0. The number of benzene rings is 1. The molecule has 2 amide bonds. The smallest absolute Gasteiger partial charge is 0.358 e. The van der Waals surface area contributed by atoms with Gasteiger partial charge in [0.1, 0.15) is 11.2 Å². The van der Waals surface area contributed by atoms with Crippen molar-refractivity contribution in [1.82, 2.24) is 20.0 Å². The molecule has 0 bridgehead atoms. The summed E-state index contributed by atoms with van der Waals surface area (Å²) in [5.74, 6) is -1.08. The van der Waals surface area contributed by atoms with Crippen LogP contribution < -0.4 is 5.32 Å². The highest BCUT2D eigenvalue weighted by Crippen LogP contribution is 2.30. The van der Waals surface area contributed by atoms with Crippen LogP contribution in [0.4, 0.5) is 0 Å². The van der Waals surface area contributed by atoms with E-state index in [4.69, 9.17) is 4.74 Å². The van der Waals surface area contributed by atoms with Crippen molar-refractivity contribution in [2.75, 3.05) is 6.61 Å². The molecule has 1 saturated carbocycles. The summed E-state index contributed by atoms with van der Waals surface area (Å²) in [5, 5.41) is 7.60. The van der Waals surface area contributed by atoms with Crippen molar-refractivity contribution < 1.29 is 19.1 Å². The number of carbonyl (C=O) groups is 3. The maximum atomic E-state index is 13.8. The van der Waals surface area contributed by atoms with Crippen LogP contribution in [-0.2, 0) is 22.6 Å². The van der Waals surface area contributed by atoms with Gasteiger partial charge in [-0.1, -0.05) is 61.9 Å². The van der Waals surface area contributed by atoms with Gasteiger partial charge >= 0.3 is 5.97 Å². The Kier molecular flexibility index (Phi) is 7.57. The van der Waals surface area contributed by atoms with Crippen LogP contribution in [0.3, 0.4) is 0 Å². The molecule has 1 aromatic carbocycles. The standard InChI is InChI=1S/C27H36N4O4/c1-4-35-25(33)22-16-23-24(32)30(17-20-14-12-19(2)13-15-20)27(3,18-31(23)29-22)26(34)28-21-10-8-6-5-7-9-11-21/h12-16,21H,4-11,17-18H2,1-3H3,(H,28,34). The van der Waals surface area contributed by atoms with Crippen LogP contribution in [0.1, 0.15) is 90.9 Å². The summed E-state index contributed by atoms with van der Waals surface area (Å²) >= 11 is 0. The number of carbonyl (C=O) groups excluding carboxylic acids is 3. The Morgan fingerprint density at radius 2 is 1.77 bits per heavy atom. The van der Waals surface area contributed by atoms with Gasteiger partial charge in [0, 0.05) is 18.7 Å². The summed E-state index contributed by atoms with van der Waals surface area (Å²) in [6.07, 6.45) is 7.73. The zero-order valence-electron chi connectivity index (χ0n) is 21.0. The number of hydrogen-bond acceptors (Lipinski definition) is 5. The lowest BCUT2D eigenvalue weighted by Gasteiger charge is -2.44. The van der Waals surface area contributed by atoms with Gasteiger partial charge in [-0.15, -0.1) is 0 Å². The van der Waals surface area contributed by atoms with E-state index in [2.05, 4.69) is 10.4 Å². The average molecular weight is 481 g/mol. The van der Waals surface area contributed by atoms with Gasteiger partial charge in [-0.25, -0.2) is 4.79 Å². The average Bonchev–Trinajstić information content (AvgIpc) is 3.24. The second-order valence-electron chi connectivity index (χ2n) is 9.96. The Morgan fingerprint density at radius 1 is 1.11 bits per heavy atom. The molecule has 1 aliphatic carbocycles. The predicted molar refractivity (Wildman–Crippen MR) is 132 cm³/mol. The minimum atomic E-state index is -1.16. The van der Waals surface area contributed by atoms with Crippen molar-refractivity contribution in [3.05, 3.63) is 52.8 Å². The molecule has 0 saturated heterocycles. The van der Waals surface area contributed by atoms with Gasteiger partial charge in [0.2, 0.25) is 5.91 Å². The van der Waals surface area contributed by atoms with E-state index in [-0.39, 0.29) is 48.9 Å². The van der Waals surface area contributed by atoms with Crippen molar-refractivity contribution in [2.45, 2.75) is 90.4 Å². The molecular weight excluding hydrogens is 444 g/mol. The Labute approximate surface area is 207 Å². The van der Waals surface area contributed by atoms with Gasteiger partial charge < -0.3 is 15.0 Å². The molecule has 1 N–H and O–H groups in total. The molecular formula is C27H36N4O4. The van der Waals surface area contributed by atoms with Gasteiger partial charge in [0.15, 0.2) is 5.69 Å². The molecule has 0 spiro atoms. The monoisotopic (exact) mass is 480 g/mol.